The lowest BCUT2D eigenvalue weighted by atomic mass is 9.93. The van der Waals surface area contributed by atoms with Crippen LogP contribution in [0.4, 0.5) is 37.2 Å². The average molecular weight is 1790 g/mol. The molecule has 3 amide bonds. The normalized spacial score (nSPS) is 11.8. The van der Waals surface area contributed by atoms with E-state index in [1.807, 2.05) is 84.9 Å². The molecule has 128 heavy (non-hydrogen) atoms. The third-order valence-corrected chi connectivity index (χ3v) is 23.1. The van der Waals surface area contributed by atoms with Crippen LogP contribution in [0.1, 0.15) is 226 Å². The van der Waals surface area contributed by atoms with Crippen molar-refractivity contribution in [2.24, 2.45) is 5.73 Å². The van der Waals surface area contributed by atoms with Gasteiger partial charge in [0.25, 0.3) is 11.8 Å². The van der Waals surface area contributed by atoms with Gasteiger partial charge in [-0.25, -0.2) is 18.8 Å². The van der Waals surface area contributed by atoms with E-state index in [0.29, 0.717) is 46.1 Å². The van der Waals surface area contributed by atoms with Gasteiger partial charge in [0.15, 0.2) is 0 Å². The van der Waals surface area contributed by atoms with Gasteiger partial charge in [-0.3, -0.25) is 19.3 Å². The van der Waals surface area contributed by atoms with Crippen LogP contribution in [-0.2, 0) is 4.79 Å². The Morgan fingerprint density at radius 1 is 0.375 bits per heavy atom. The second kappa shape index (κ2) is 57.4. The van der Waals surface area contributed by atoms with Crippen LogP contribution in [0.2, 0.25) is 0 Å². The first-order chi connectivity index (χ1) is 62.5. The van der Waals surface area contributed by atoms with Crippen molar-refractivity contribution in [3.63, 3.8) is 0 Å². The molecule has 0 saturated carbocycles. The number of imide groups is 1. The fourth-order valence-corrected chi connectivity index (χ4v) is 16.0. The van der Waals surface area contributed by atoms with Crippen molar-refractivity contribution >= 4 is 91.3 Å². The van der Waals surface area contributed by atoms with E-state index in [2.05, 4.69) is 50.2 Å². The van der Waals surface area contributed by atoms with Gasteiger partial charge in [-0.2, -0.15) is 0 Å². The first-order valence-electron chi connectivity index (χ1n) is 46.3. The number of rotatable bonds is 47. The Kier molecular flexibility index (Phi) is 45.0. The number of aromatic hydroxyl groups is 3. The summed E-state index contributed by atoms with van der Waals surface area (Å²) >= 11 is 11.1. The van der Waals surface area contributed by atoms with Gasteiger partial charge in [0.05, 0.1) is 23.3 Å². The van der Waals surface area contributed by atoms with E-state index in [1.54, 1.807) is 78.9 Å². The van der Waals surface area contributed by atoms with E-state index in [9.17, 15) is 33.4 Å². The number of nitrogen functional groups attached to an aromatic ring is 3. The quantitative estimate of drug-likeness (QED) is 0.00555. The van der Waals surface area contributed by atoms with Crippen LogP contribution >= 0.6 is 23.2 Å². The molecule has 8 aromatic carbocycles. The highest BCUT2D eigenvalue weighted by Gasteiger charge is 2.34. The monoisotopic (exact) mass is 1780 g/mol. The maximum atomic E-state index is 13.6. The van der Waals surface area contributed by atoms with Crippen LogP contribution in [0.15, 0.2) is 227 Å². The van der Waals surface area contributed by atoms with Gasteiger partial charge in [0.2, 0.25) is 16.6 Å². The van der Waals surface area contributed by atoms with E-state index in [1.165, 1.54) is 176 Å². The Morgan fingerprint density at radius 2 is 0.750 bits per heavy atom. The van der Waals surface area contributed by atoms with E-state index in [0.717, 1.165) is 193 Å². The number of carbonyl (C=O) groups is 3. The second-order valence-corrected chi connectivity index (χ2v) is 33.5. The molecule has 16 N–H and O–H groups in total. The van der Waals surface area contributed by atoms with E-state index < -0.39 is 0 Å². The molecule has 0 fully saturated rings. The first kappa shape index (κ1) is 100. The summed E-state index contributed by atoms with van der Waals surface area (Å²) in [4.78, 5) is 44.1. The molecule has 13 rings (SSSR count). The van der Waals surface area contributed by atoms with Crippen LogP contribution in [0, 0.1) is 11.6 Å². The summed E-state index contributed by atoms with van der Waals surface area (Å²) in [6.07, 6.45) is 38.6. The van der Waals surface area contributed by atoms with Crippen molar-refractivity contribution in [3.05, 3.63) is 252 Å². The summed E-state index contributed by atoms with van der Waals surface area (Å²) in [6, 6.07) is 64.9. The number of amides is 3. The zero-order chi connectivity index (χ0) is 90.7. The van der Waals surface area contributed by atoms with Gasteiger partial charge in [0.1, 0.15) is 70.5 Å². The van der Waals surface area contributed by atoms with Gasteiger partial charge in [-0.1, -0.05) is 196 Å². The summed E-state index contributed by atoms with van der Waals surface area (Å²) in [5, 5.41) is 40.9. The fraction of sp³-hybridized carbons (Fsp3) is 0.387. The summed E-state index contributed by atoms with van der Waals surface area (Å²) in [5.41, 5.74) is 35.1. The smallest absolute Gasteiger partial charge is 0.261 e. The van der Waals surface area contributed by atoms with Gasteiger partial charge in [-0.05, 0) is 178 Å². The highest BCUT2D eigenvalue weighted by Crippen LogP contribution is 2.42. The third kappa shape index (κ3) is 35.3. The van der Waals surface area contributed by atoms with E-state index >= 15 is 0 Å². The number of halogens is 4. The number of carbonyl (C=O) groups excluding carboxylic acids is 3. The number of alkyl halides is 2. The Hall–Kier alpha value is -11.5. The summed E-state index contributed by atoms with van der Waals surface area (Å²) in [6.45, 7) is 5.79. The number of phenolic OH excluding ortho intramolecular Hbond substituents is 3. The minimum atomic E-state index is -0.260. The summed E-state index contributed by atoms with van der Waals surface area (Å²) in [5.74, 6) is 2.31. The SMILES string of the molecule is NCCCCCCCCCC[NH+]=c1ccc2c(-c3ccc(F)cc3)c3ccc(N)cc3oc-2c1.Nc1ccc2c(-c3ccc(F)cc3)c3ccc(=[NH+]CCCCCCCCCCNC(=O)CCl)cc-3oc2c1.Nc1cccc(O)c1.O=C1c2ccccc2C(=O)N1CCCCCCCCCCNc1cccc(O)c1.Oc1cccc(NCCCCCCCCCCCl)c1. The maximum Gasteiger partial charge on any atom is 0.261 e. The molecular weight excluding hydrogens is 1650 g/mol. The lowest BCUT2D eigenvalue weighted by Crippen LogP contribution is -2.76. The number of benzene rings is 10. The van der Waals surface area contributed by atoms with Crippen LogP contribution < -0.4 is 59.6 Å². The molecule has 0 radical (unpaired) electrons. The number of hydrogen-bond donors (Lipinski definition) is 12. The highest BCUT2D eigenvalue weighted by molar-refractivity contribution is 6.27. The van der Waals surface area contributed by atoms with Crippen molar-refractivity contribution in [2.45, 2.75) is 205 Å². The number of phenols is 3. The van der Waals surface area contributed by atoms with Crippen LogP contribution in [0.25, 0.3) is 66.8 Å². The lowest BCUT2D eigenvalue weighted by Gasteiger charge is -2.15. The molecule has 5 aliphatic rings. The van der Waals surface area contributed by atoms with E-state index in [4.69, 9.17) is 60.1 Å². The standard InChI is InChI=1S/C31H35ClFN3O2.C29H34FN3O.C24H30N2O3.C16H26ClNO.C6H7NO/c32-21-30(37)36-18-8-6-4-2-1-3-5-7-17-35-25-14-16-27-29(20-25)38-28-19-24(34)13-15-26(28)31(27)22-9-11-23(33)12-10-22;30-22-11-9-21(10-12-22)29-25-15-13-23(32)19-27(25)34-28-20-24(14-16-26(28)29)33-18-8-6-4-2-1-3-5-7-17-31;27-20-13-11-12-19(18-20)25-16-9-5-3-1-2-4-6-10-17-26-23(28)21-14-7-8-15-22(21)24(26)29;17-12-7-5-3-1-2-4-6-8-13-18-15-10-9-11-16(19)14-15;7-5-2-1-3-6(8)4-5/h9-16,19-20H,1-8,17-18,21,34H2,(H,36,37);9-16,19-20H,1-8,17-18,31-32H2;7-8,11-15,18,25,27H,1-6,9-10,16-17H2;9-11,14,18-19H,1-8,12-13H2;1-4,8H,7H2/p+2. The van der Waals surface area contributed by atoms with E-state index in [-0.39, 0.29) is 46.7 Å². The summed E-state index contributed by atoms with van der Waals surface area (Å²) < 4.78 is 39.7. The molecule has 0 bridgehead atoms. The molecular formula is C106H134Cl2F2N10O8+2. The minimum Gasteiger partial charge on any atom is -0.508 e. The molecule has 22 heteroatoms. The molecule has 2 aliphatic carbocycles. The van der Waals surface area contributed by atoms with Crippen molar-refractivity contribution in [2.75, 3.05) is 85.4 Å². The molecule has 0 atom stereocenters. The van der Waals surface area contributed by atoms with Gasteiger partial charge < -0.3 is 63.0 Å². The molecule has 682 valence electrons. The fourth-order valence-electron chi connectivity index (χ4n) is 15.7. The van der Waals surface area contributed by atoms with Crippen molar-refractivity contribution in [3.8, 4) is 62.1 Å². The minimum absolute atomic E-state index is 0.0379. The summed E-state index contributed by atoms with van der Waals surface area (Å²) in [7, 11) is 0. The topological polar surface area (TPSA) is 310 Å². The Labute approximate surface area is 764 Å². The number of nitrogens with one attached hydrogen (secondary N) is 5. The number of unbranched alkanes of at least 4 members (excludes halogenated alkanes) is 28. The van der Waals surface area contributed by atoms with Crippen LogP contribution in [-0.4, -0.2) is 95.5 Å². The molecule has 0 spiro atoms. The molecule has 8 aromatic rings. The predicted molar refractivity (Wildman–Crippen MR) is 522 cm³/mol. The van der Waals surface area contributed by atoms with Crippen LogP contribution in [0.5, 0.6) is 17.2 Å². The number of nitrogens with two attached hydrogens (primary N) is 4. The lowest BCUT2D eigenvalue weighted by molar-refractivity contribution is -0.501. The van der Waals surface area contributed by atoms with Gasteiger partial charge >= 0.3 is 0 Å². The number of anilines is 5. The zero-order valence-corrected chi connectivity index (χ0v) is 75.9. The molecule has 3 heterocycles. The average Bonchev–Trinajstić information content (AvgIpc) is 1.41. The van der Waals surface area contributed by atoms with Gasteiger partial charge in [0, 0.05) is 149 Å². The Morgan fingerprint density at radius 3 is 1.14 bits per heavy atom. The Balaban J connectivity index is 0.000000191. The van der Waals surface area contributed by atoms with Crippen LogP contribution in [0.3, 0.4) is 0 Å². The predicted octanol–water partition coefficient (Wildman–Crippen LogP) is 21.7. The molecule has 18 nitrogen and oxygen atoms in total. The number of fused-ring (bicyclic) bond motifs is 5. The number of nitrogens with zero attached hydrogens (tertiary/aromatic N) is 1. The Bertz CT molecular complexity index is 5330. The molecule has 3 aliphatic heterocycles. The maximum absolute atomic E-state index is 13.6. The van der Waals surface area contributed by atoms with Crippen molar-refractivity contribution in [1.29, 1.82) is 0 Å². The highest BCUT2D eigenvalue weighted by atomic mass is 35.5. The van der Waals surface area contributed by atoms with Crippen molar-refractivity contribution < 1.29 is 57.3 Å². The number of hydrogen-bond acceptors (Lipinski definition) is 14. The molecule has 0 aromatic heterocycles. The first-order valence-corrected chi connectivity index (χ1v) is 47.4. The molecule has 0 unspecified atom stereocenters. The molecule has 0 saturated heterocycles. The largest absolute Gasteiger partial charge is 0.508 e. The van der Waals surface area contributed by atoms with Gasteiger partial charge in [-0.15, -0.1) is 23.2 Å². The second-order valence-electron chi connectivity index (χ2n) is 32.9. The zero-order valence-electron chi connectivity index (χ0n) is 74.4. The van der Waals surface area contributed by atoms with Crippen molar-refractivity contribution in [1.82, 2.24) is 10.2 Å². The third-order valence-electron chi connectivity index (χ3n) is 22.6.